The Bertz CT molecular complexity index is 1610. The van der Waals surface area contributed by atoms with Gasteiger partial charge in [0.2, 0.25) is 0 Å². The summed E-state index contributed by atoms with van der Waals surface area (Å²) in [6.45, 7) is 21.8. The van der Waals surface area contributed by atoms with Gasteiger partial charge in [-0.1, -0.05) is 63.7 Å². The van der Waals surface area contributed by atoms with Gasteiger partial charge in [-0.2, -0.15) is 18.6 Å². The molecule has 0 aromatic heterocycles. The molecule has 0 aliphatic heterocycles. The van der Waals surface area contributed by atoms with Crippen LogP contribution in [-0.2, 0) is 115 Å². The summed E-state index contributed by atoms with van der Waals surface area (Å²) in [5.41, 5.74) is 2.49. The molecule has 2 N–H and O–H groups in total. The van der Waals surface area contributed by atoms with Crippen LogP contribution in [0.15, 0.2) is 24.3 Å². The molecule has 0 heterocycles. The first-order chi connectivity index (χ1) is 41.5. The smallest absolute Gasteiger partial charge is 0.415 e. The first kappa shape index (κ1) is 79.8. The van der Waals surface area contributed by atoms with Gasteiger partial charge in [0.05, 0.1) is 258 Å². The van der Waals surface area contributed by atoms with E-state index in [0.29, 0.717) is 244 Å². The van der Waals surface area contributed by atoms with Gasteiger partial charge in [-0.25, -0.2) is 4.18 Å². The van der Waals surface area contributed by atoms with Crippen molar-refractivity contribution in [2.75, 3.05) is 264 Å². The fourth-order valence-corrected chi connectivity index (χ4v) is 7.30. The predicted molar refractivity (Wildman–Crippen MR) is 314 cm³/mol. The molecule has 0 spiro atoms. The van der Waals surface area contributed by atoms with E-state index in [1.165, 1.54) is 50.5 Å². The number of rotatable bonds is 72. The molecule has 1 aromatic carbocycles. The summed E-state index contributed by atoms with van der Waals surface area (Å²) in [6.07, 6.45) is 14.5. The predicted octanol–water partition coefficient (Wildman–Crippen LogP) is 4.86. The molecule has 0 unspecified atom stereocenters. The number of allylic oxidation sites excluding steroid dienone is 1. The summed E-state index contributed by atoms with van der Waals surface area (Å²) in [4.78, 5) is 0. The zero-order valence-corrected chi connectivity index (χ0v) is 51.9. The third-order valence-corrected chi connectivity index (χ3v) is 11.9. The second-order valence-electron chi connectivity index (χ2n) is 18.1. The summed E-state index contributed by atoms with van der Waals surface area (Å²) >= 11 is 0. The number of ether oxygens (including phenoxy) is 20. The monoisotopic (exact) mass is 1240 g/mol. The Labute approximate surface area is 503 Å². The second kappa shape index (κ2) is 66.8. The Morgan fingerprint density at radius 3 is 0.857 bits per heavy atom. The van der Waals surface area contributed by atoms with E-state index in [4.69, 9.17) is 94.7 Å². The van der Waals surface area contributed by atoms with Crippen LogP contribution in [0.3, 0.4) is 0 Å². The normalized spacial score (nSPS) is 12.0. The van der Waals surface area contributed by atoms with Gasteiger partial charge < -0.3 is 94.7 Å². The molecular formula is C58H109NO24S. The molecule has 0 bridgehead atoms. The lowest BCUT2D eigenvalue weighted by Crippen LogP contribution is -2.18. The van der Waals surface area contributed by atoms with E-state index in [9.17, 15) is 8.42 Å². The Balaban J connectivity index is 1.66. The Morgan fingerprint density at radius 2 is 0.595 bits per heavy atom. The average Bonchev–Trinajstić information content (AvgIpc) is 3.50. The SMILES string of the molecule is C/C=C\c1cc(CCCCCCCCC)ccc1OCCOCCOCCOCCOCCOCCOCCOCCOCCOCCOCCOCCOCCOCCOCCOCCOCCOCCOCCOCCOS(=O)(=O)ON. The van der Waals surface area contributed by atoms with Gasteiger partial charge in [-0.3, -0.25) is 0 Å². The molecule has 1 rings (SSSR count). The fraction of sp³-hybridized carbons (Fsp3) is 0.862. The highest BCUT2D eigenvalue weighted by molar-refractivity contribution is 7.81. The number of hydrogen-bond acceptors (Lipinski definition) is 25. The minimum atomic E-state index is -4.15. The number of aryl methyl sites for hydroxylation is 1. The first-order valence-corrected chi connectivity index (χ1v) is 31.5. The van der Waals surface area contributed by atoms with Crippen LogP contribution in [0.5, 0.6) is 5.75 Å². The zero-order chi connectivity index (χ0) is 60.3. The third kappa shape index (κ3) is 60.1. The van der Waals surface area contributed by atoms with Crippen molar-refractivity contribution < 1.29 is 112 Å². The number of unbranched alkanes of at least 4 members (excludes halogenated alkanes) is 6. The van der Waals surface area contributed by atoms with E-state index in [2.05, 4.69) is 51.6 Å². The highest BCUT2D eigenvalue weighted by Gasteiger charge is 2.09. The highest BCUT2D eigenvalue weighted by atomic mass is 32.3. The molecule has 0 radical (unpaired) electrons. The number of hydrogen-bond donors (Lipinski definition) is 1. The van der Waals surface area contributed by atoms with Crippen molar-refractivity contribution in [3.8, 4) is 5.75 Å². The summed E-state index contributed by atoms with van der Waals surface area (Å²) in [5.74, 6) is 5.43. The fourth-order valence-electron chi connectivity index (χ4n) is 6.97. The van der Waals surface area contributed by atoms with Crippen LogP contribution in [0.25, 0.3) is 6.08 Å². The van der Waals surface area contributed by atoms with E-state index < -0.39 is 10.4 Å². The van der Waals surface area contributed by atoms with Gasteiger partial charge in [-0.05, 0) is 37.5 Å². The van der Waals surface area contributed by atoms with Gasteiger partial charge in [0.15, 0.2) is 0 Å². The van der Waals surface area contributed by atoms with Crippen LogP contribution < -0.4 is 10.6 Å². The maximum atomic E-state index is 10.8. The third-order valence-electron chi connectivity index (χ3n) is 11.2. The van der Waals surface area contributed by atoms with Gasteiger partial charge >= 0.3 is 10.4 Å². The highest BCUT2D eigenvalue weighted by Crippen LogP contribution is 2.23. The molecule has 25 nitrogen and oxygen atoms in total. The maximum Gasteiger partial charge on any atom is 0.415 e. The molecule has 26 heteroatoms. The van der Waals surface area contributed by atoms with Crippen molar-refractivity contribution >= 4 is 16.5 Å². The molecule has 0 saturated carbocycles. The van der Waals surface area contributed by atoms with E-state index in [-0.39, 0.29) is 19.8 Å². The van der Waals surface area contributed by atoms with Crippen LogP contribution in [-0.4, -0.2) is 273 Å². The van der Waals surface area contributed by atoms with Gasteiger partial charge in [0.1, 0.15) is 12.4 Å². The maximum absolute atomic E-state index is 10.8. The van der Waals surface area contributed by atoms with Crippen LogP contribution in [0, 0.1) is 0 Å². The van der Waals surface area contributed by atoms with Crippen molar-refractivity contribution in [2.24, 2.45) is 5.90 Å². The second-order valence-corrected chi connectivity index (χ2v) is 19.3. The van der Waals surface area contributed by atoms with Crippen molar-refractivity contribution in [2.45, 2.75) is 65.2 Å². The standard InChI is InChI=1S/C58H109NO24S/c1-3-5-6-7-8-9-10-12-56-13-14-58(57(55-56)11-4-2)81-53-51-79-49-47-77-45-43-75-41-39-73-37-35-71-33-31-69-29-27-67-25-23-65-21-19-63-17-15-62-16-18-64-20-22-66-24-26-68-28-30-70-32-34-72-36-38-74-40-42-76-44-46-78-48-50-80-52-54-82-84(60,61)83-59/h4,11,13-14,55H,3,5-10,12,15-54,59H2,1-2H3/b11-4-. The molecule has 0 amide bonds. The van der Waals surface area contributed by atoms with Gasteiger partial charge in [0, 0.05) is 5.56 Å². The topological polar surface area (TPSA) is 263 Å². The van der Waals surface area contributed by atoms with Crippen LogP contribution in [0.4, 0.5) is 0 Å². The largest absolute Gasteiger partial charge is 0.491 e. The molecule has 0 aliphatic carbocycles. The molecule has 1 aromatic rings. The van der Waals surface area contributed by atoms with Crippen molar-refractivity contribution in [3.63, 3.8) is 0 Å². The van der Waals surface area contributed by atoms with E-state index in [1.807, 2.05) is 6.92 Å². The van der Waals surface area contributed by atoms with E-state index >= 15 is 0 Å². The quantitative estimate of drug-likeness (QED) is 0.0674. The van der Waals surface area contributed by atoms with Gasteiger partial charge in [0.25, 0.3) is 0 Å². The van der Waals surface area contributed by atoms with E-state index in [0.717, 1.165) is 17.7 Å². The lowest BCUT2D eigenvalue weighted by atomic mass is 10.0. The molecule has 84 heavy (non-hydrogen) atoms. The summed E-state index contributed by atoms with van der Waals surface area (Å²) in [6, 6.07) is 6.53. The summed E-state index contributed by atoms with van der Waals surface area (Å²) in [7, 11) is -4.15. The summed E-state index contributed by atoms with van der Waals surface area (Å²) in [5, 5.41) is 0. The first-order valence-electron chi connectivity index (χ1n) is 30.2. The minimum absolute atomic E-state index is 0.0539. The molecule has 0 atom stereocenters. The Hall–Kier alpha value is -2.17. The van der Waals surface area contributed by atoms with E-state index in [1.54, 1.807) is 0 Å². The van der Waals surface area contributed by atoms with Crippen molar-refractivity contribution in [3.05, 3.63) is 35.4 Å². The average molecular weight is 1240 g/mol. The summed E-state index contributed by atoms with van der Waals surface area (Å²) < 4.78 is 140. The van der Waals surface area contributed by atoms with Crippen LogP contribution in [0.2, 0.25) is 0 Å². The molecule has 496 valence electrons. The lowest BCUT2D eigenvalue weighted by molar-refractivity contribution is -0.0313. The van der Waals surface area contributed by atoms with Crippen molar-refractivity contribution in [1.82, 2.24) is 0 Å². The van der Waals surface area contributed by atoms with Crippen LogP contribution in [0.1, 0.15) is 69.9 Å². The molecule has 0 saturated heterocycles. The number of benzene rings is 1. The molecule has 0 fully saturated rings. The van der Waals surface area contributed by atoms with Crippen molar-refractivity contribution in [1.29, 1.82) is 0 Å². The Morgan fingerprint density at radius 1 is 0.345 bits per heavy atom. The minimum Gasteiger partial charge on any atom is -0.491 e. The molecular weight excluding hydrogens is 1130 g/mol. The van der Waals surface area contributed by atoms with Crippen LogP contribution >= 0.6 is 0 Å². The Kier molecular flexibility index (Phi) is 63.5. The number of nitrogens with two attached hydrogens (primary N) is 1. The zero-order valence-electron chi connectivity index (χ0n) is 51.1. The van der Waals surface area contributed by atoms with Gasteiger partial charge in [-0.15, -0.1) is 0 Å². The lowest BCUT2D eigenvalue weighted by Gasteiger charge is -2.12. The molecule has 0 aliphatic rings.